The Hall–Kier alpha value is -0.950. The van der Waals surface area contributed by atoms with E-state index >= 15 is 0 Å². The van der Waals surface area contributed by atoms with E-state index in [-0.39, 0.29) is 12.6 Å². The minimum absolute atomic E-state index is 0.131. The van der Waals surface area contributed by atoms with Crippen LogP contribution in [0.25, 0.3) is 0 Å². The van der Waals surface area contributed by atoms with Gasteiger partial charge in [-0.2, -0.15) is 11.8 Å². The van der Waals surface area contributed by atoms with Crippen molar-refractivity contribution < 1.29 is 19.8 Å². The Morgan fingerprint density at radius 2 is 2.18 bits per heavy atom. The Balaban J connectivity index is 2.27. The number of thioether (sulfide) groups is 1. The highest BCUT2D eigenvalue weighted by Crippen LogP contribution is 2.28. The van der Waals surface area contributed by atoms with Crippen molar-refractivity contribution in [2.45, 2.75) is 36.7 Å². The summed E-state index contributed by atoms with van der Waals surface area (Å²) in [6.07, 6.45) is 3.58. The second kappa shape index (κ2) is 6.70. The van der Waals surface area contributed by atoms with Gasteiger partial charge in [-0.15, -0.1) is 0 Å². The molecule has 0 spiro atoms. The predicted molar refractivity (Wildman–Crippen MR) is 65.1 cm³/mol. The molecule has 6 nitrogen and oxygen atoms in total. The van der Waals surface area contributed by atoms with Crippen molar-refractivity contribution >= 4 is 23.8 Å². The van der Waals surface area contributed by atoms with Gasteiger partial charge in [0, 0.05) is 11.3 Å². The Kier molecular flexibility index (Phi) is 5.57. The van der Waals surface area contributed by atoms with Gasteiger partial charge in [0.25, 0.3) is 0 Å². The third-order valence-electron chi connectivity index (χ3n) is 2.81. The molecule has 98 valence electrons. The summed E-state index contributed by atoms with van der Waals surface area (Å²) < 4.78 is 0. The molecule has 1 saturated carbocycles. The lowest BCUT2D eigenvalue weighted by molar-refractivity contribution is -0.146. The van der Waals surface area contributed by atoms with E-state index in [1.54, 1.807) is 11.8 Å². The molecule has 0 aromatic carbocycles. The van der Waals surface area contributed by atoms with Crippen LogP contribution in [-0.4, -0.2) is 52.4 Å². The number of hydrogen-bond acceptors (Lipinski definition) is 4. The van der Waals surface area contributed by atoms with Gasteiger partial charge in [0.15, 0.2) is 6.10 Å². The summed E-state index contributed by atoms with van der Waals surface area (Å²) in [5.41, 5.74) is 0. The van der Waals surface area contributed by atoms with Crippen molar-refractivity contribution in [2.75, 3.05) is 12.8 Å². The van der Waals surface area contributed by atoms with Crippen LogP contribution in [0.3, 0.4) is 0 Å². The van der Waals surface area contributed by atoms with Gasteiger partial charge < -0.3 is 20.8 Å². The van der Waals surface area contributed by atoms with Crippen molar-refractivity contribution in [3.05, 3.63) is 0 Å². The first-order chi connectivity index (χ1) is 8.04. The molecule has 3 atom stereocenters. The van der Waals surface area contributed by atoms with Gasteiger partial charge in [-0.3, -0.25) is 0 Å². The molecule has 4 N–H and O–H groups in total. The Morgan fingerprint density at radius 1 is 1.47 bits per heavy atom. The number of carboxylic acid groups (broad SMARTS) is 1. The lowest BCUT2D eigenvalue weighted by Crippen LogP contribution is -2.47. The monoisotopic (exact) mass is 262 g/mol. The molecular weight excluding hydrogens is 244 g/mol. The van der Waals surface area contributed by atoms with Crippen LogP contribution in [0, 0.1) is 0 Å². The highest BCUT2D eigenvalue weighted by molar-refractivity contribution is 7.99. The second-order valence-corrected chi connectivity index (χ2v) is 5.10. The number of nitrogens with one attached hydrogen (secondary N) is 2. The van der Waals surface area contributed by atoms with E-state index in [4.69, 9.17) is 10.2 Å². The van der Waals surface area contributed by atoms with Crippen LogP contribution >= 0.6 is 11.8 Å². The highest BCUT2D eigenvalue weighted by atomic mass is 32.2. The maximum Gasteiger partial charge on any atom is 0.334 e. The van der Waals surface area contributed by atoms with E-state index in [0.717, 1.165) is 19.3 Å². The number of carbonyl (C=O) groups is 2. The summed E-state index contributed by atoms with van der Waals surface area (Å²) in [4.78, 5) is 21.8. The van der Waals surface area contributed by atoms with Crippen LogP contribution in [0.5, 0.6) is 0 Å². The molecule has 2 unspecified atom stereocenters. The van der Waals surface area contributed by atoms with Crippen LogP contribution in [-0.2, 0) is 4.79 Å². The average molecular weight is 262 g/mol. The minimum atomic E-state index is -1.55. The normalized spacial score (nSPS) is 25.3. The number of aliphatic carboxylic acids is 1. The van der Waals surface area contributed by atoms with Crippen LogP contribution in [0.2, 0.25) is 0 Å². The topological polar surface area (TPSA) is 98.7 Å². The number of amides is 2. The molecule has 1 aliphatic carbocycles. The molecule has 1 rings (SSSR count). The summed E-state index contributed by atoms with van der Waals surface area (Å²) >= 11 is 1.73. The van der Waals surface area contributed by atoms with Gasteiger partial charge in [0.05, 0.1) is 6.54 Å². The molecule has 1 fully saturated rings. The van der Waals surface area contributed by atoms with Gasteiger partial charge in [0.2, 0.25) is 0 Å². The Labute approximate surface area is 104 Å². The van der Waals surface area contributed by atoms with Gasteiger partial charge in [0.1, 0.15) is 0 Å². The zero-order chi connectivity index (χ0) is 12.8. The lowest BCUT2D eigenvalue weighted by Gasteiger charge is -2.19. The summed E-state index contributed by atoms with van der Waals surface area (Å²) in [6.45, 7) is -0.280. The molecule has 0 aromatic rings. The minimum Gasteiger partial charge on any atom is -0.479 e. The molecule has 7 heteroatoms. The van der Waals surface area contributed by atoms with Crippen molar-refractivity contribution in [1.82, 2.24) is 10.6 Å². The number of aliphatic hydroxyl groups is 1. The zero-order valence-corrected chi connectivity index (χ0v) is 10.5. The molecule has 0 radical (unpaired) electrons. The van der Waals surface area contributed by atoms with Gasteiger partial charge in [-0.05, 0) is 19.1 Å². The van der Waals surface area contributed by atoms with Crippen molar-refractivity contribution in [3.8, 4) is 0 Å². The van der Waals surface area contributed by atoms with E-state index in [1.165, 1.54) is 0 Å². The summed E-state index contributed by atoms with van der Waals surface area (Å²) in [5, 5.41) is 23.0. The maximum atomic E-state index is 11.5. The lowest BCUT2D eigenvalue weighted by atomic mass is 10.2. The SMILES string of the molecule is CSC1CCCC1NC(=O)NC[C@H](O)C(=O)O. The van der Waals surface area contributed by atoms with E-state index in [0.29, 0.717) is 5.25 Å². The number of urea groups is 1. The molecule has 2 amide bonds. The van der Waals surface area contributed by atoms with Crippen LogP contribution in [0.15, 0.2) is 0 Å². The van der Waals surface area contributed by atoms with E-state index in [2.05, 4.69) is 10.6 Å². The predicted octanol–water partition coefficient (Wildman–Crippen LogP) is 0.0152. The fourth-order valence-electron chi connectivity index (χ4n) is 1.87. The molecule has 0 aliphatic heterocycles. The van der Waals surface area contributed by atoms with Crippen LogP contribution in [0.1, 0.15) is 19.3 Å². The standard InChI is InChI=1S/C10H18N2O4S/c1-17-8-4-2-3-6(8)12-10(16)11-5-7(13)9(14)15/h6-8,13H,2-5H2,1H3,(H,14,15)(H2,11,12,16)/t6?,7-,8?/m0/s1. The second-order valence-electron chi connectivity index (χ2n) is 4.02. The fourth-order valence-corrected chi connectivity index (χ4v) is 2.80. The first-order valence-electron chi connectivity index (χ1n) is 5.52. The molecular formula is C10H18N2O4S. The van der Waals surface area contributed by atoms with Crippen LogP contribution in [0.4, 0.5) is 4.79 Å². The molecule has 0 heterocycles. The largest absolute Gasteiger partial charge is 0.479 e. The first kappa shape index (κ1) is 14.1. The average Bonchev–Trinajstić information content (AvgIpc) is 2.72. The van der Waals surface area contributed by atoms with Gasteiger partial charge >= 0.3 is 12.0 Å². The van der Waals surface area contributed by atoms with E-state index in [1.807, 2.05) is 6.26 Å². The zero-order valence-electron chi connectivity index (χ0n) is 9.68. The van der Waals surface area contributed by atoms with Crippen molar-refractivity contribution in [2.24, 2.45) is 0 Å². The quantitative estimate of drug-likeness (QED) is 0.559. The number of carbonyl (C=O) groups excluding carboxylic acids is 1. The number of rotatable bonds is 5. The molecule has 0 aromatic heterocycles. The van der Waals surface area contributed by atoms with Gasteiger partial charge in [-0.25, -0.2) is 9.59 Å². The maximum absolute atomic E-state index is 11.5. The Morgan fingerprint density at radius 3 is 2.76 bits per heavy atom. The fraction of sp³-hybridized carbons (Fsp3) is 0.800. The number of aliphatic hydroxyl groups excluding tert-OH is 1. The van der Waals surface area contributed by atoms with Crippen LogP contribution < -0.4 is 10.6 Å². The molecule has 17 heavy (non-hydrogen) atoms. The summed E-state index contributed by atoms with van der Waals surface area (Å²) in [6, 6.07) is -0.289. The van der Waals surface area contributed by atoms with E-state index < -0.39 is 18.1 Å². The van der Waals surface area contributed by atoms with Crippen molar-refractivity contribution in [1.29, 1.82) is 0 Å². The third kappa shape index (κ3) is 4.43. The smallest absolute Gasteiger partial charge is 0.334 e. The van der Waals surface area contributed by atoms with E-state index in [9.17, 15) is 9.59 Å². The Bertz CT molecular complexity index is 287. The summed E-state index contributed by atoms with van der Waals surface area (Å²) in [5.74, 6) is -1.34. The van der Waals surface area contributed by atoms with Gasteiger partial charge in [-0.1, -0.05) is 6.42 Å². The highest BCUT2D eigenvalue weighted by Gasteiger charge is 2.27. The molecule has 1 aliphatic rings. The number of carboxylic acids is 1. The summed E-state index contributed by atoms with van der Waals surface area (Å²) in [7, 11) is 0. The molecule has 0 bridgehead atoms. The third-order valence-corrected chi connectivity index (χ3v) is 3.98. The number of hydrogen-bond donors (Lipinski definition) is 4. The first-order valence-corrected chi connectivity index (χ1v) is 6.81. The van der Waals surface area contributed by atoms with Crippen molar-refractivity contribution in [3.63, 3.8) is 0 Å². The molecule has 0 saturated heterocycles.